The Morgan fingerprint density at radius 3 is 2.79 bits per heavy atom. The van der Waals surface area contributed by atoms with E-state index in [2.05, 4.69) is 9.97 Å². The van der Waals surface area contributed by atoms with Gasteiger partial charge in [0, 0.05) is 19.2 Å². The van der Waals surface area contributed by atoms with Gasteiger partial charge in [-0.2, -0.15) is 18.2 Å². The molecule has 0 bridgehead atoms. The molecule has 0 N–H and O–H groups in total. The fourth-order valence-corrected chi connectivity index (χ4v) is 4.54. The Morgan fingerprint density at radius 2 is 2.04 bits per heavy atom. The van der Waals surface area contributed by atoms with Gasteiger partial charge in [-0.25, -0.2) is 4.98 Å². The average Bonchev–Trinajstić information content (AvgIpc) is 3.32. The molecule has 3 heterocycles. The van der Waals surface area contributed by atoms with Crippen molar-refractivity contribution in [2.45, 2.75) is 37.9 Å². The second-order valence-electron chi connectivity index (χ2n) is 6.84. The first-order chi connectivity index (χ1) is 13.4. The van der Waals surface area contributed by atoms with Gasteiger partial charge in [-0.1, -0.05) is 41.7 Å². The van der Waals surface area contributed by atoms with Crippen LogP contribution in [0.25, 0.3) is 10.3 Å². The van der Waals surface area contributed by atoms with Crippen molar-refractivity contribution in [2.24, 2.45) is 0 Å². The number of carbonyl (C=O) groups is 1. The zero-order valence-corrected chi connectivity index (χ0v) is 15.8. The van der Waals surface area contributed by atoms with Crippen molar-refractivity contribution in [3.63, 3.8) is 0 Å². The third-order valence-corrected chi connectivity index (χ3v) is 5.96. The molecule has 8 heteroatoms. The van der Waals surface area contributed by atoms with Gasteiger partial charge in [0.2, 0.25) is 0 Å². The summed E-state index contributed by atoms with van der Waals surface area (Å²) in [6, 6.07) is 10.6. The Balaban J connectivity index is 1.52. The lowest BCUT2D eigenvalue weighted by molar-refractivity contribution is -0.137. The van der Waals surface area contributed by atoms with Crippen molar-refractivity contribution in [2.75, 3.05) is 11.4 Å². The highest BCUT2D eigenvalue weighted by atomic mass is 32.1. The Bertz CT molecular complexity index is 987. The number of rotatable bonds is 5. The minimum Gasteiger partial charge on any atom is -0.338 e. The highest BCUT2D eigenvalue weighted by Gasteiger charge is 2.34. The van der Waals surface area contributed by atoms with Crippen molar-refractivity contribution in [1.82, 2.24) is 9.97 Å². The number of anilines is 1. The smallest absolute Gasteiger partial charge is 0.338 e. The van der Waals surface area contributed by atoms with E-state index in [1.54, 1.807) is 0 Å². The third-order valence-electron chi connectivity index (χ3n) is 4.94. The molecule has 1 aromatic carbocycles. The van der Waals surface area contributed by atoms with Gasteiger partial charge in [-0.3, -0.25) is 4.79 Å². The summed E-state index contributed by atoms with van der Waals surface area (Å²) in [6.07, 6.45) is -0.913. The molecular weight excluding hydrogens is 387 g/mol. The van der Waals surface area contributed by atoms with Gasteiger partial charge >= 0.3 is 6.18 Å². The first-order valence-electron chi connectivity index (χ1n) is 9.09. The number of nitrogens with zero attached hydrogens (tertiary/aromatic N) is 3. The predicted octanol–water partition coefficient (Wildman–Crippen LogP) is 4.88. The molecule has 28 heavy (non-hydrogen) atoms. The SMILES string of the molecule is O=C(CCc1ccccc1)[C@H]1CCCN1c1nc2ncc(C(F)(F)F)cc2s1. The van der Waals surface area contributed by atoms with E-state index >= 15 is 0 Å². The summed E-state index contributed by atoms with van der Waals surface area (Å²) in [5.74, 6) is 0.143. The van der Waals surface area contributed by atoms with Crippen LogP contribution in [-0.4, -0.2) is 28.3 Å². The number of Topliss-reactive ketones (excluding diaryl/α,β-unsaturated/α-hetero) is 1. The number of thiazole rings is 1. The number of benzene rings is 1. The molecular formula is C20H18F3N3OS. The summed E-state index contributed by atoms with van der Waals surface area (Å²) in [5.41, 5.74) is 0.617. The van der Waals surface area contributed by atoms with Crippen molar-refractivity contribution in [3.8, 4) is 0 Å². The summed E-state index contributed by atoms with van der Waals surface area (Å²) in [6.45, 7) is 0.674. The minimum absolute atomic E-state index is 0.143. The standard InChI is InChI=1S/C20H18F3N3OS/c21-20(22,23)14-11-17-18(24-12-14)25-19(28-17)26-10-4-7-15(26)16(27)9-8-13-5-2-1-3-6-13/h1-3,5-6,11-12,15H,4,7-10H2/t15-/m1/s1. The second kappa shape index (κ2) is 7.50. The number of aromatic nitrogens is 2. The van der Waals surface area contributed by atoms with Gasteiger partial charge in [0.15, 0.2) is 16.6 Å². The Morgan fingerprint density at radius 1 is 1.25 bits per heavy atom. The van der Waals surface area contributed by atoms with Crippen LogP contribution in [0.3, 0.4) is 0 Å². The van der Waals surface area contributed by atoms with Crippen LogP contribution >= 0.6 is 11.3 Å². The topological polar surface area (TPSA) is 46.1 Å². The molecule has 1 aliphatic rings. The maximum absolute atomic E-state index is 12.9. The number of pyridine rings is 1. The van der Waals surface area contributed by atoms with Crippen LogP contribution in [0.5, 0.6) is 0 Å². The zero-order chi connectivity index (χ0) is 19.7. The monoisotopic (exact) mass is 405 g/mol. The normalized spacial score (nSPS) is 17.4. The molecule has 1 fully saturated rings. The van der Waals surface area contributed by atoms with Crippen LogP contribution in [0.2, 0.25) is 0 Å². The molecule has 3 aromatic rings. The largest absolute Gasteiger partial charge is 0.417 e. The van der Waals surface area contributed by atoms with Crippen LogP contribution in [0.15, 0.2) is 42.6 Å². The molecule has 0 amide bonds. The molecule has 0 spiro atoms. The molecule has 146 valence electrons. The molecule has 0 radical (unpaired) electrons. The van der Waals surface area contributed by atoms with E-state index in [1.807, 2.05) is 35.2 Å². The molecule has 0 unspecified atom stereocenters. The number of fused-ring (bicyclic) bond motifs is 1. The number of aryl methyl sites for hydroxylation is 1. The quantitative estimate of drug-likeness (QED) is 0.607. The molecule has 1 atom stereocenters. The van der Waals surface area contributed by atoms with Crippen LogP contribution in [-0.2, 0) is 17.4 Å². The number of hydrogen-bond donors (Lipinski definition) is 0. The lowest BCUT2D eigenvalue weighted by atomic mass is 10.0. The number of carbonyl (C=O) groups excluding carboxylic acids is 1. The minimum atomic E-state index is -4.44. The van der Waals surface area contributed by atoms with E-state index in [0.29, 0.717) is 29.2 Å². The molecule has 0 saturated carbocycles. The predicted molar refractivity (Wildman–Crippen MR) is 103 cm³/mol. The highest BCUT2D eigenvalue weighted by Crippen LogP contribution is 2.36. The summed E-state index contributed by atoms with van der Waals surface area (Å²) in [7, 11) is 0. The first-order valence-corrected chi connectivity index (χ1v) is 9.90. The fourth-order valence-electron chi connectivity index (χ4n) is 3.50. The van der Waals surface area contributed by atoms with E-state index in [9.17, 15) is 18.0 Å². The number of hydrogen-bond acceptors (Lipinski definition) is 5. The summed E-state index contributed by atoms with van der Waals surface area (Å²) < 4.78 is 39.1. The van der Waals surface area contributed by atoms with E-state index in [-0.39, 0.29) is 17.5 Å². The van der Waals surface area contributed by atoms with Gasteiger partial charge in [-0.05, 0) is 30.9 Å². The van der Waals surface area contributed by atoms with Crippen LogP contribution < -0.4 is 4.90 Å². The molecule has 4 rings (SSSR count). The average molecular weight is 405 g/mol. The maximum atomic E-state index is 12.9. The second-order valence-corrected chi connectivity index (χ2v) is 7.85. The maximum Gasteiger partial charge on any atom is 0.417 e. The van der Waals surface area contributed by atoms with Crippen molar-refractivity contribution >= 4 is 32.6 Å². The zero-order valence-electron chi connectivity index (χ0n) is 14.9. The highest BCUT2D eigenvalue weighted by molar-refractivity contribution is 7.22. The van der Waals surface area contributed by atoms with Gasteiger partial charge in [0.25, 0.3) is 0 Å². The van der Waals surface area contributed by atoms with Crippen molar-refractivity contribution in [3.05, 3.63) is 53.7 Å². The Hall–Kier alpha value is -2.48. The van der Waals surface area contributed by atoms with E-state index in [1.165, 1.54) is 0 Å². The van der Waals surface area contributed by atoms with Crippen LogP contribution in [0, 0.1) is 0 Å². The van der Waals surface area contributed by atoms with Crippen molar-refractivity contribution < 1.29 is 18.0 Å². The first kappa shape index (κ1) is 18.9. The molecule has 4 nitrogen and oxygen atoms in total. The summed E-state index contributed by atoms with van der Waals surface area (Å²) in [5, 5.41) is 0.567. The summed E-state index contributed by atoms with van der Waals surface area (Å²) in [4.78, 5) is 22.9. The molecule has 1 saturated heterocycles. The lowest BCUT2D eigenvalue weighted by Gasteiger charge is -2.22. The van der Waals surface area contributed by atoms with Gasteiger partial charge < -0.3 is 4.90 Å². The van der Waals surface area contributed by atoms with Gasteiger partial charge in [-0.15, -0.1) is 0 Å². The Kier molecular flexibility index (Phi) is 5.05. The molecule has 0 aliphatic carbocycles. The molecule has 1 aliphatic heterocycles. The fraction of sp³-hybridized carbons (Fsp3) is 0.350. The molecule has 2 aromatic heterocycles. The van der Waals surface area contributed by atoms with Crippen molar-refractivity contribution in [1.29, 1.82) is 0 Å². The van der Waals surface area contributed by atoms with Gasteiger partial charge in [0.1, 0.15) is 0 Å². The van der Waals surface area contributed by atoms with Crippen LogP contribution in [0.1, 0.15) is 30.4 Å². The van der Waals surface area contributed by atoms with Gasteiger partial charge in [0.05, 0.1) is 16.3 Å². The third kappa shape index (κ3) is 3.87. The van der Waals surface area contributed by atoms with E-state index in [0.717, 1.165) is 42.0 Å². The number of alkyl halides is 3. The van der Waals surface area contributed by atoms with Crippen LogP contribution in [0.4, 0.5) is 18.3 Å². The lowest BCUT2D eigenvalue weighted by Crippen LogP contribution is -2.36. The van der Waals surface area contributed by atoms with E-state index < -0.39 is 11.7 Å². The van der Waals surface area contributed by atoms with E-state index in [4.69, 9.17) is 0 Å². The summed E-state index contributed by atoms with van der Waals surface area (Å²) >= 11 is 1.16. The number of ketones is 1. The Labute approximate surface area is 164 Å². The number of halogens is 3.